The Labute approximate surface area is 222 Å². The summed E-state index contributed by atoms with van der Waals surface area (Å²) in [5.74, 6) is 1.51. The number of nitrogens with zero attached hydrogens (tertiary/aromatic N) is 7. The number of nitrogens with one attached hydrogen (secondary N) is 1. The number of aromatic nitrogens is 8. The lowest BCUT2D eigenvalue weighted by atomic mass is 9.96. The zero-order valence-electron chi connectivity index (χ0n) is 20.5. The summed E-state index contributed by atoms with van der Waals surface area (Å²) in [6.07, 6.45) is 6.46. The van der Waals surface area contributed by atoms with Gasteiger partial charge in [0.1, 0.15) is 5.82 Å². The molecule has 0 radical (unpaired) electrons. The molecule has 0 aliphatic rings. The molecule has 0 saturated heterocycles. The Morgan fingerprint density at radius 2 is 1.73 bits per heavy atom. The van der Waals surface area contributed by atoms with E-state index in [-0.39, 0.29) is 5.56 Å². The number of aromatic amines is 1. The predicted octanol–water partition coefficient (Wildman–Crippen LogP) is 4.87. The summed E-state index contributed by atoms with van der Waals surface area (Å²) in [6.45, 7) is 3.96. The molecule has 0 atom stereocenters. The van der Waals surface area contributed by atoms with Crippen molar-refractivity contribution in [2.45, 2.75) is 39.5 Å². The van der Waals surface area contributed by atoms with Crippen LogP contribution >= 0.6 is 15.9 Å². The molecule has 0 bridgehead atoms. The highest BCUT2D eigenvalue weighted by Gasteiger charge is 2.18. The molecule has 5 aromatic rings. The van der Waals surface area contributed by atoms with Gasteiger partial charge in [-0.3, -0.25) is 4.79 Å². The van der Waals surface area contributed by atoms with E-state index in [1.54, 1.807) is 12.4 Å². The van der Waals surface area contributed by atoms with Crippen molar-refractivity contribution in [1.29, 1.82) is 0 Å². The third-order valence-electron chi connectivity index (χ3n) is 6.18. The molecule has 2 aromatic carbocycles. The molecule has 0 unspecified atom stereocenters. The second-order valence-electron chi connectivity index (χ2n) is 8.70. The van der Waals surface area contributed by atoms with Gasteiger partial charge in [-0.2, -0.15) is 0 Å². The topological polar surface area (TPSA) is 115 Å². The molecule has 0 saturated carbocycles. The van der Waals surface area contributed by atoms with Gasteiger partial charge in [0.05, 0.1) is 10.2 Å². The first-order valence-corrected chi connectivity index (χ1v) is 12.9. The zero-order chi connectivity index (χ0) is 25.8. The fraction of sp³-hybridized carbons (Fsp3) is 0.222. The van der Waals surface area contributed by atoms with Gasteiger partial charge >= 0.3 is 0 Å². The fourth-order valence-corrected chi connectivity index (χ4v) is 4.53. The standard InChI is InChI=1S/C27H25BrN8O/c1-3-4-9-24-23(26(37)36(17(2)31-24)27-29-15-20(28)16-30-27)14-18-10-12-19(13-11-18)21-7-5-6-8-22(21)25-32-34-35-33-25/h5-8,10-13,15-16H,3-4,9,14H2,1-2H3,(H,32,33,34,35). The van der Waals surface area contributed by atoms with Crippen LogP contribution in [0, 0.1) is 6.92 Å². The van der Waals surface area contributed by atoms with E-state index in [2.05, 4.69) is 65.6 Å². The van der Waals surface area contributed by atoms with E-state index in [4.69, 9.17) is 4.98 Å². The van der Waals surface area contributed by atoms with Crippen molar-refractivity contribution < 1.29 is 0 Å². The van der Waals surface area contributed by atoms with Crippen molar-refractivity contribution in [2.75, 3.05) is 0 Å². The quantitative estimate of drug-likeness (QED) is 0.289. The first-order valence-electron chi connectivity index (χ1n) is 12.1. The van der Waals surface area contributed by atoms with E-state index in [0.29, 0.717) is 29.6 Å². The number of unbranched alkanes of at least 4 members (excludes halogenated alkanes) is 1. The molecule has 0 spiro atoms. The monoisotopic (exact) mass is 556 g/mol. The maximum absolute atomic E-state index is 13.7. The molecule has 37 heavy (non-hydrogen) atoms. The normalized spacial score (nSPS) is 11.1. The molecule has 0 amide bonds. The van der Waals surface area contributed by atoms with Gasteiger partial charge < -0.3 is 0 Å². The molecule has 186 valence electrons. The summed E-state index contributed by atoms with van der Waals surface area (Å²) >= 11 is 3.35. The number of halogens is 1. The lowest BCUT2D eigenvalue weighted by Gasteiger charge is -2.15. The summed E-state index contributed by atoms with van der Waals surface area (Å²) in [5.41, 5.74) is 5.37. The van der Waals surface area contributed by atoms with Crippen LogP contribution in [0.15, 0.2) is 70.2 Å². The number of tetrazole rings is 1. The number of aryl methyl sites for hydroxylation is 2. The van der Waals surface area contributed by atoms with E-state index in [0.717, 1.165) is 51.7 Å². The molecule has 5 rings (SSSR count). The third kappa shape index (κ3) is 5.24. The number of hydrogen-bond acceptors (Lipinski definition) is 7. The predicted molar refractivity (Wildman–Crippen MR) is 144 cm³/mol. The SMILES string of the molecule is CCCCc1nc(C)n(-c2ncc(Br)cn2)c(=O)c1Cc1ccc(-c2ccccc2-c2nnn[nH]2)cc1. The first kappa shape index (κ1) is 24.6. The van der Waals surface area contributed by atoms with E-state index >= 15 is 0 Å². The Hall–Kier alpha value is -4.05. The van der Waals surface area contributed by atoms with Crippen molar-refractivity contribution in [3.8, 4) is 28.5 Å². The van der Waals surface area contributed by atoms with E-state index < -0.39 is 0 Å². The number of benzene rings is 2. The Kier molecular flexibility index (Phi) is 7.27. The minimum Gasteiger partial charge on any atom is -0.268 e. The summed E-state index contributed by atoms with van der Waals surface area (Å²) in [4.78, 5) is 27.2. The van der Waals surface area contributed by atoms with Crippen molar-refractivity contribution >= 4 is 15.9 Å². The fourth-order valence-electron chi connectivity index (χ4n) is 4.32. The van der Waals surface area contributed by atoms with Gasteiger partial charge in [-0.05, 0) is 62.8 Å². The number of hydrogen-bond donors (Lipinski definition) is 1. The average molecular weight is 557 g/mol. The molecule has 3 aromatic heterocycles. The van der Waals surface area contributed by atoms with Gasteiger partial charge in [0.2, 0.25) is 5.95 Å². The second-order valence-corrected chi connectivity index (χ2v) is 9.61. The van der Waals surface area contributed by atoms with E-state index in [1.165, 1.54) is 4.57 Å². The first-order chi connectivity index (χ1) is 18.0. The van der Waals surface area contributed by atoms with E-state index in [9.17, 15) is 4.79 Å². The van der Waals surface area contributed by atoms with Crippen LogP contribution in [0.1, 0.15) is 42.4 Å². The highest BCUT2D eigenvalue weighted by atomic mass is 79.9. The Morgan fingerprint density at radius 1 is 1.00 bits per heavy atom. The van der Waals surface area contributed by atoms with Crippen molar-refractivity contribution in [3.63, 3.8) is 0 Å². The van der Waals surface area contributed by atoms with Crippen LogP contribution < -0.4 is 5.56 Å². The van der Waals surface area contributed by atoms with Crippen LogP contribution in [0.4, 0.5) is 0 Å². The van der Waals surface area contributed by atoms with Gasteiger partial charge in [0, 0.05) is 29.9 Å². The van der Waals surface area contributed by atoms with Crippen LogP contribution in [-0.2, 0) is 12.8 Å². The van der Waals surface area contributed by atoms with Gasteiger partial charge in [0.15, 0.2) is 5.82 Å². The van der Waals surface area contributed by atoms with E-state index in [1.807, 2.05) is 43.3 Å². The Bertz CT molecular complexity index is 1560. The molecule has 0 aliphatic heterocycles. The molecule has 9 nitrogen and oxygen atoms in total. The maximum atomic E-state index is 13.7. The van der Waals surface area contributed by atoms with Crippen molar-refractivity contribution in [3.05, 3.63) is 98.4 Å². The minimum atomic E-state index is -0.131. The van der Waals surface area contributed by atoms with Crippen LogP contribution in [0.3, 0.4) is 0 Å². The largest absolute Gasteiger partial charge is 0.268 e. The molecule has 10 heteroatoms. The number of rotatable bonds is 8. The molecular weight excluding hydrogens is 532 g/mol. The van der Waals surface area contributed by atoms with Crippen LogP contribution in [-0.4, -0.2) is 40.1 Å². The molecule has 3 heterocycles. The smallest absolute Gasteiger partial charge is 0.264 e. The summed E-state index contributed by atoms with van der Waals surface area (Å²) in [6, 6.07) is 16.2. The third-order valence-corrected chi connectivity index (χ3v) is 6.59. The number of H-pyrrole nitrogens is 1. The van der Waals surface area contributed by atoms with Crippen molar-refractivity contribution in [2.24, 2.45) is 0 Å². The zero-order valence-corrected chi connectivity index (χ0v) is 22.1. The van der Waals surface area contributed by atoms with Gasteiger partial charge in [-0.1, -0.05) is 61.9 Å². The van der Waals surface area contributed by atoms with Gasteiger partial charge in [0.25, 0.3) is 5.56 Å². The lowest BCUT2D eigenvalue weighted by molar-refractivity contribution is 0.721. The highest BCUT2D eigenvalue weighted by molar-refractivity contribution is 9.10. The van der Waals surface area contributed by atoms with Gasteiger partial charge in [-0.25, -0.2) is 24.6 Å². The summed E-state index contributed by atoms with van der Waals surface area (Å²) in [5, 5.41) is 14.3. The van der Waals surface area contributed by atoms with Crippen LogP contribution in [0.5, 0.6) is 0 Å². The maximum Gasteiger partial charge on any atom is 0.264 e. The molecular formula is C27H25BrN8O. The van der Waals surface area contributed by atoms with Crippen LogP contribution in [0.25, 0.3) is 28.5 Å². The van der Waals surface area contributed by atoms with Crippen LogP contribution in [0.2, 0.25) is 0 Å². The minimum absolute atomic E-state index is 0.131. The summed E-state index contributed by atoms with van der Waals surface area (Å²) in [7, 11) is 0. The lowest BCUT2D eigenvalue weighted by Crippen LogP contribution is -2.29. The van der Waals surface area contributed by atoms with Crippen molar-refractivity contribution in [1.82, 2.24) is 40.1 Å². The van der Waals surface area contributed by atoms with Gasteiger partial charge in [-0.15, -0.1) is 5.10 Å². The second kappa shape index (κ2) is 10.9. The Morgan fingerprint density at radius 3 is 2.41 bits per heavy atom. The molecule has 0 fully saturated rings. The molecule has 0 aliphatic carbocycles. The Balaban J connectivity index is 1.51. The molecule has 1 N–H and O–H groups in total. The highest BCUT2D eigenvalue weighted by Crippen LogP contribution is 2.30. The average Bonchev–Trinajstić information content (AvgIpc) is 3.46. The summed E-state index contributed by atoms with van der Waals surface area (Å²) < 4.78 is 2.24.